The second kappa shape index (κ2) is 5.81. The van der Waals surface area contributed by atoms with E-state index in [1.807, 2.05) is 19.2 Å². The highest BCUT2D eigenvalue weighted by atomic mass is 16.2. The Hall–Kier alpha value is -1.58. The first kappa shape index (κ1) is 13.4. The molecule has 1 aliphatic heterocycles. The number of rotatable bonds is 3. The molecule has 1 aromatic rings. The van der Waals surface area contributed by atoms with Crippen LogP contribution in [0, 0.1) is 5.92 Å². The van der Waals surface area contributed by atoms with Crippen molar-refractivity contribution in [1.29, 1.82) is 0 Å². The molecular weight excluding hydrogens is 250 g/mol. The maximum absolute atomic E-state index is 12.7. The number of aromatic nitrogens is 1. The highest BCUT2D eigenvalue weighted by Gasteiger charge is 2.36. The molecule has 0 aromatic carbocycles. The lowest BCUT2D eigenvalue weighted by molar-refractivity contribution is 0.0688. The Morgan fingerprint density at radius 1 is 1.25 bits per heavy atom. The molecule has 3 rings (SSSR count). The minimum Gasteiger partial charge on any atom is -0.373 e. The van der Waals surface area contributed by atoms with Gasteiger partial charge in [-0.2, -0.15) is 0 Å². The summed E-state index contributed by atoms with van der Waals surface area (Å²) < 4.78 is 0. The molecule has 2 aliphatic rings. The van der Waals surface area contributed by atoms with E-state index >= 15 is 0 Å². The maximum atomic E-state index is 12.7. The molecule has 108 valence electrons. The number of carbonyl (C=O) groups is 1. The maximum Gasteiger partial charge on any atom is 0.255 e. The smallest absolute Gasteiger partial charge is 0.255 e. The van der Waals surface area contributed by atoms with Gasteiger partial charge in [-0.15, -0.1) is 0 Å². The number of nitrogens with one attached hydrogen (secondary N) is 1. The Morgan fingerprint density at radius 3 is 2.70 bits per heavy atom. The lowest BCUT2D eigenvalue weighted by atomic mass is 9.95. The number of pyridine rings is 1. The molecule has 1 amide bonds. The zero-order valence-electron chi connectivity index (χ0n) is 12.1. The zero-order chi connectivity index (χ0) is 13.9. The normalized spacial score (nSPS) is 23.2. The molecule has 1 unspecified atom stereocenters. The van der Waals surface area contributed by atoms with Crippen molar-refractivity contribution in [1.82, 2.24) is 9.88 Å². The summed E-state index contributed by atoms with van der Waals surface area (Å²) in [6, 6.07) is 4.22. The van der Waals surface area contributed by atoms with Crippen molar-refractivity contribution in [2.24, 2.45) is 5.92 Å². The molecule has 1 aromatic heterocycles. The van der Waals surface area contributed by atoms with Crippen LogP contribution < -0.4 is 5.32 Å². The fourth-order valence-electron chi connectivity index (χ4n) is 3.71. The van der Waals surface area contributed by atoms with E-state index in [9.17, 15) is 4.79 Å². The van der Waals surface area contributed by atoms with Crippen LogP contribution >= 0.6 is 0 Å². The first-order valence-electron chi connectivity index (χ1n) is 7.74. The molecule has 4 heteroatoms. The van der Waals surface area contributed by atoms with Crippen LogP contribution in [-0.4, -0.2) is 35.4 Å². The van der Waals surface area contributed by atoms with Gasteiger partial charge in [0.25, 0.3) is 5.91 Å². The van der Waals surface area contributed by atoms with Crippen LogP contribution in [0.15, 0.2) is 18.3 Å². The Bertz CT molecular complexity index is 465. The van der Waals surface area contributed by atoms with Crippen molar-refractivity contribution < 1.29 is 4.79 Å². The minimum atomic E-state index is 0.162. The predicted molar refractivity (Wildman–Crippen MR) is 79.8 cm³/mol. The standard InChI is InChI=1S/C16H23N3O/c1-17-15-9-8-13(11-18-15)16(20)19-10-4-7-14(19)12-5-2-3-6-12/h8-9,11-12,14H,2-7,10H2,1H3,(H,17,18). The largest absolute Gasteiger partial charge is 0.373 e. The molecule has 0 radical (unpaired) electrons. The van der Waals surface area contributed by atoms with Crippen molar-refractivity contribution >= 4 is 11.7 Å². The van der Waals surface area contributed by atoms with Gasteiger partial charge in [0.1, 0.15) is 5.82 Å². The highest BCUT2D eigenvalue weighted by Crippen LogP contribution is 2.35. The van der Waals surface area contributed by atoms with Crippen molar-refractivity contribution in [2.75, 3.05) is 18.9 Å². The van der Waals surface area contributed by atoms with Gasteiger partial charge < -0.3 is 10.2 Å². The number of hydrogen-bond donors (Lipinski definition) is 1. The van der Waals surface area contributed by atoms with Crippen LogP contribution in [0.25, 0.3) is 0 Å². The third kappa shape index (κ3) is 2.51. The van der Waals surface area contributed by atoms with Gasteiger partial charge >= 0.3 is 0 Å². The molecule has 2 fully saturated rings. The first-order valence-corrected chi connectivity index (χ1v) is 7.74. The zero-order valence-corrected chi connectivity index (χ0v) is 12.1. The number of hydrogen-bond acceptors (Lipinski definition) is 3. The van der Waals surface area contributed by atoms with Crippen LogP contribution in [-0.2, 0) is 0 Å². The average molecular weight is 273 g/mol. The average Bonchev–Trinajstić information content (AvgIpc) is 3.16. The minimum absolute atomic E-state index is 0.162. The quantitative estimate of drug-likeness (QED) is 0.921. The van der Waals surface area contributed by atoms with Gasteiger partial charge in [-0.3, -0.25) is 4.79 Å². The Morgan fingerprint density at radius 2 is 2.05 bits per heavy atom. The van der Waals surface area contributed by atoms with Gasteiger partial charge in [0.15, 0.2) is 0 Å². The van der Waals surface area contributed by atoms with Gasteiger partial charge in [0, 0.05) is 25.8 Å². The summed E-state index contributed by atoms with van der Waals surface area (Å²) in [4.78, 5) is 19.0. The third-order valence-electron chi connectivity index (χ3n) is 4.77. The van der Waals surface area contributed by atoms with E-state index in [2.05, 4.69) is 15.2 Å². The van der Waals surface area contributed by atoms with Crippen molar-refractivity contribution in [3.63, 3.8) is 0 Å². The number of anilines is 1. The number of nitrogens with zero attached hydrogens (tertiary/aromatic N) is 2. The molecule has 4 nitrogen and oxygen atoms in total. The molecule has 0 bridgehead atoms. The Labute approximate surface area is 120 Å². The highest BCUT2D eigenvalue weighted by molar-refractivity contribution is 5.94. The summed E-state index contributed by atoms with van der Waals surface area (Å²) in [5, 5.41) is 2.98. The van der Waals surface area contributed by atoms with Crippen LogP contribution in [0.1, 0.15) is 48.9 Å². The number of likely N-dealkylation sites (tertiary alicyclic amines) is 1. The van der Waals surface area contributed by atoms with Crippen molar-refractivity contribution in [3.8, 4) is 0 Å². The van der Waals surface area contributed by atoms with Crippen LogP contribution in [0.3, 0.4) is 0 Å². The second-order valence-corrected chi connectivity index (χ2v) is 5.93. The molecular formula is C16H23N3O. The predicted octanol–water partition coefficient (Wildman–Crippen LogP) is 2.92. The third-order valence-corrected chi connectivity index (χ3v) is 4.77. The number of carbonyl (C=O) groups excluding carboxylic acids is 1. The molecule has 1 aliphatic carbocycles. The molecule has 0 spiro atoms. The van der Waals surface area contributed by atoms with E-state index in [-0.39, 0.29) is 5.91 Å². The van der Waals surface area contributed by atoms with Crippen molar-refractivity contribution in [2.45, 2.75) is 44.6 Å². The fraction of sp³-hybridized carbons (Fsp3) is 0.625. The van der Waals surface area contributed by atoms with E-state index in [1.165, 1.54) is 32.1 Å². The lowest BCUT2D eigenvalue weighted by Gasteiger charge is -2.29. The summed E-state index contributed by atoms with van der Waals surface area (Å²) >= 11 is 0. The molecule has 20 heavy (non-hydrogen) atoms. The van der Waals surface area contributed by atoms with Gasteiger partial charge in [0.05, 0.1) is 5.56 Å². The topological polar surface area (TPSA) is 45.2 Å². The Balaban J connectivity index is 1.74. The summed E-state index contributed by atoms with van der Waals surface area (Å²) in [5.74, 6) is 1.69. The SMILES string of the molecule is CNc1ccc(C(=O)N2CCCC2C2CCCC2)cn1. The second-order valence-electron chi connectivity index (χ2n) is 5.93. The van der Waals surface area contributed by atoms with Gasteiger partial charge in [-0.05, 0) is 43.7 Å². The first-order chi connectivity index (χ1) is 9.79. The van der Waals surface area contributed by atoms with E-state index in [1.54, 1.807) is 6.20 Å². The van der Waals surface area contributed by atoms with Crippen LogP contribution in [0.2, 0.25) is 0 Å². The molecule has 1 atom stereocenters. The summed E-state index contributed by atoms with van der Waals surface area (Å²) in [6.07, 6.45) is 9.28. The lowest BCUT2D eigenvalue weighted by Crippen LogP contribution is -2.39. The van der Waals surface area contributed by atoms with Gasteiger partial charge in [0.2, 0.25) is 0 Å². The number of amides is 1. The van der Waals surface area contributed by atoms with E-state index < -0.39 is 0 Å². The van der Waals surface area contributed by atoms with Crippen LogP contribution in [0.5, 0.6) is 0 Å². The molecule has 1 saturated heterocycles. The summed E-state index contributed by atoms with van der Waals surface area (Å²) in [6.45, 7) is 0.910. The fourth-order valence-corrected chi connectivity index (χ4v) is 3.71. The van der Waals surface area contributed by atoms with Gasteiger partial charge in [-0.25, -0.2) is 4.98 Å². The molecule has 2 heterocycles. The summed E-state index contributed by atoms with van der Waals surface area (Å²) in [7, 11) is 1.83. The Kier molecular flexibility index (Phi) is 3.90. The van der Waals surface area contributed by atoms with Crippen molar-refractivity contribution in [3.05, 3.63) is 23.9 Å². The van der Waals surface area contributed by atoms with E-state index in [4.69, 9.17) is 0 Å². The van der Waals surface area contributed by atoms with E-state index in [0.717, 1.165) is 24.7 Å². The monoisotopic (exact) mass is 273 g/mol. The summed E-state index contributed by atoms with van der Waals surface area (Å²) in [5.41, 5.74) is 0.717. The molecule has 1 saturated carbocycles. The van der Waals surface area contributed by atoms with Gasteiger partial charge in [-0.1, -0.05) is 12.8 Å². The molecule has 1 N–H and O–H groups in total. The van der Waals surface area contributed by atoms with Crippen LogP contribution in [0.4, 0.5) is 5.82 Å². The van der Waals surface area contributed by atoms with E-state index in [0.29, 0.717) is 11.6 Å².